The summed E-state index contributed by atoms with van der Waals surface area (Å²) in [5.41, 5.74) is 0. The molecule has 0 saturated heterocycles. The minimum atomic E-state index is -1.00. The molecule has 0 aliphatic heterocycles. The van der Waals surface area contributed by atoms with E-state index in [1.54, 1.807) is 0 Å². The second-order valence-electron chi connectivity index (χ2n) is 3.32. The van der Waals surface area contributed by atoms with Gasteiger partial charge in [-0.1, -0.05) is 19.9 Å². The van der Waals surface area contributed by atoms with Crippen LogP contribution in [0.3, 0.4) is 0 Å². The Kier molecular flexibility index (Phi) is 6.86. The molecule has 15 heavy (non-hydrogen) atoms. The number of nitrogens with zero attached hydrogens (tertiary/aromatic N) is 1. The van der Waals surface area contributed by atoms with Gasteiger partial charge in [0, 0.05) is 6.54 Å². The Labute approximate surface area is 94.3 Å². The molecule has 0 heterocycles. The highest BCUT2D eigenvalue weighted by atomic mass is 32.2. The first-order valence-electron chi connectivity index (χ1n) is 4.69. The van der Waals surface area contributed by atoms with Gasteiger partial charge in [-0.3, -0.25) is 9.59 Å². The average Bonchev–Trinajstić information content (AvgIpc) is 2.12. The first-order chi connectivity index (χ1) is 6.97. The van der Waals surface area contributed by atoms with Crippen LogP contribution < -0.4 is 0 Å². The van der Waals surface area contributed by atoms with Crippen LogP contribution in [-0.4, -0.2) is 46.0 Å². The Bertz CT molecular complexity index is 241. The van der Waals surface area contributed by atoms with Crippen molar-refractivity contribution in [1.29, 1.82) is 0 Å². The number of carbonyl (C=O) groups is 2. The van der Waals surface area contributed by atoms with E-state index in [1.807, 2.05) is 13.8 Å². The van der Waals surface area contributed by atoms with Gasteiger partial charge < -0.3 is 10.0 Å². The molecule has 0 aromatic carbocycles. The molecule has 86 valence electrons. The van der Waals surface area contributed by atoms with Crippen molar-refractivity contribution in [3.63, 3.8) is 0 Å². The molecule has 0 fully saturated rings. The Morgan fingerprint density at radius 3 is 2.53 bits per heavy atom. The molecule has 0 radical (unpaired) electrons. The van der Waals surface area contributed by atoms with Gasteiger partial charge in [0.15, 0.2) is 0 Å². The lowest BCUT2D eigenvalue weighted by molar-refractivity contribution is -0.143. The zero-order valence-corrected chi connectivity index (χ0v) is 9.92. The smallest absolute Gasteiger partial charge is 0.323 e. The Morgan fingerprint density at radius 2 is 2.13 bits per heavy atom. The largest absolute Gasteiger partial charge is 0.480 e. The quantitative estimate of drug-likeness (QED) is 0.669. The van der Waals surface area contributed by atoms with Crippen LogP contribution in [-0.2, 0) is 9.59 Å². The first-order valence-corrected chi connectivity index (χ1v) is 5.74. The summed E-state index contributed by atoms with van der Waals surface area (Å²) in [7, 11) is 0. The van der Waals surface area contributed by atoms with Crippen molar-refractivity contribution in [3.05, 3.63) is 12.7 Å². The Balaban J connectivity index is 4.15. The Morgan fingerprint density at radius 1 is 1.53 bits per heavy atom. The molecule has 0 atom stereocenters. The molecule has 0 aromatic rings. The molecule has 1 N–H and O–H groups in total. The second-order valence-corrected chi connectivity index (χ2v) is 4.88. The maximum atomic E-state index is 11.6. The van der Waals surface area contributed by atoms with Gasteiger partial charge >= 0.3 is 5.97 Å². The lowest BCUT2D eigenvalue weighted by atomic mass is 10.4. The molecule has 0 spiro atoms. The van der Waals surface area contributed by atoms with Gasteiger partial charge in [0.1, 0.15) is 6.54 Å². The van der Waals surface area contributed by atoms with E-state index in [2.05, 4.69) is 6.58 Å². The van der Waals surface area contributed by atoms with Crippen molar-refractivity contribution < 1.29 is 14.7 Å². The highest BCUT2D eigenvalue weighted by Crippen LogP contribution is 2.09. The first kappa shape index (κ1) is 14.0. The topological polar surface area (TPSA) is 57.6 Å². The molecular formula is C10H17NO3S. The normalized spacial score (nSPS) is 10.1. The zero-order valence-electron chi connectivity index (χ0n) is 9.10. The van der Waals surface area contributed by atoms with E-state index in [0.29, 0.717) is 11.0 Å². The van der Waals surface area contributed by atoms with Gasteiger partial charge in [-0.2, -0.15) is 0 Å². The fourth-order valence-electron chi connectivity index (χ4n) is 0.903. The molecule has 0 saturated carbocycles. The molecule has 5 heteroatoms. The molecular weight excluding hydrogens is 214 g/mol. The molecule has 0 bridgehead atoms. The highest BCUT2D eigenvalue weighted by molar-refractivity contribution is 8.00. The number of carboxylic acid groups (broad SMARTS) is 1. The van der Waals surface area contributed by atoms with E-state index < -0.39 is 5.97 Å². The van der Waals surface area contributed by atoms with Crippen LogP contribution in [0.25, 0.3) is 0 Å². The van der Waals surface area contributed by atoms with Crippen LogP contribution in [0.1, 0.15) is 13.8 Å². The second kappa shape index (κ2) is 7.34. The van der Waals surface area contributed by atoms with Gasteiger partial charge in [-0.05, 0) is 5.25 Å². The van der Waals surface area contributed by atoms with Crippen LogP contribution in [0.5, 0.6) is 0 Å². The summed E-state index contributed by atoms with van der Waals surface area (Å²) in [6.07, 6.45) is 1.53. The molecule has 0 unspecified atom stereocenters. The Hall–Kier alpha value is -0.970. The summed E-state index contributed by atoms with van der Waals surface area (Å²) < 4.78 is 0. The average molecular weight is 231 g/mol. The summed E-state index contributed by atoms with van der Waals surface area (Å²) in [5, 5.41) is 8.97. The zero-order chi connectivity index (χ0) is 11.8. The number of hydrogen-bond acceptors (Lipinski definition) is 3. The van der Waals surface area contributed by atoms with Crippen molar-refractivity contribution in [1.82, 2.24) is 4.90 Å². The number of carbonyl (C=O) groups excluding carboxylic acids is 1. The number of rotatable bonds is 7. The van der Waals surface area contributed by atoms with Crippen molar-refractivity contribution in [2.75, 3.05) is 18.8 Å². The molecule has 0 aliphatic rings. The summed E-state index contributed by atoms with van der Waals surface area (Å²) in [6, 6.07) is 0. The van der Waals surface area contributed by atoms with Crippen LogP contribution in [0.2, 0.25) is 0 Å². The maximum absolute atomic E-state index is 11.6. The summed E-state index contributed by atoms with van der Waals surface area (Å²) in [5.74, 6) is -0.838. The van der Waals surface area contributed by atoms with E-state index in [0.717, 1.165) is 0 Å². The standard InChI is InChI=1S/C10H17NO3S/c1-4-5-11(6-10(13)14)9(12)7-15-8(2)3/h4,8H,1,5-7H2,2-3H3,(H,13,14). The molecule has 0 aliphatic carbocycles. The third-order valence-electron chi connectivity index (χ3n) is 1.57. The summed E-state index contributed by atoms with van der Waals surface area (Å²) in [4.78, 5) is 23.3. The number of carboxylic acids is 1. The van der Waals surface area contributed by atoms with Crippen molar-refractivity contribution in [2.45, 2.75) is 19.1 Å². The summed E-state index contributed by atoms with van der Waals surface area (Å²) in [6.45, 7) is 7.50. The lowest BCUT2D eigenvalue weighted by Gasteiger charge is -2.19. The van der Waals surface area contributed by atoms with Gasteiger partial charge in [-0.15, -0.1) is 18.3 Å². The van der Waals surface area contributed by atoms with Crippen LogP contribution >= 0.6 is 11.8 Å². The fourth-order valence-corrected chi connectivity index (χ4v) is 1.56. The van der Waals surface area contributed by atoms with E-state index in [4.69, 9.17) is 5.11 Å². The van der Waals surface area contributed by atoms with E-state index in [-0.39, 0.29) is 19.0 Å². The molecule has 0 aromatic heterocycles. The number of aliphatic carboxylic acids is 1. The number of amides is 1. The third kappa shape index (κ3) is 7.02. The van der Waals surface area contributed by atoms with Crippen molar-refractivity contribution in [2.24, 2.45) is 0 Å². The monoisotopic (exact) mass is 231 g/mol. The van der Waals surface area contributed by atoms with Gasteiger partial charge in [0.25, 0.3) is 0 Å². The van der Waals surface area contributed by atoms with E-state index >= 15 is 0 Å². The van der Waals surface area contributed by atoms with Gasteiger partial charge in [0.2, 0.25) is 5.91 Å². The SMILES string of the molecule is C=CCN(CC(=O)O)C(=O)CSC(C)C. The minimum absolute atomic E-state index is 0.156. The van der Waals surface area contributed by atoms with Crippen LogP contribution in [0.4, 0.5) is 0 Å². The molecule has 4 nitrogen and oxygen atoms in total. The predicted molar refractivity (Wildman–Crippen MR) is 62.0 cm³/mol. The van der Waals surface area contributed by atoms with E-state index in [9.17, 15) is 9.59 Å². The minimum Gasteiger partial charge on any atom is -0.480 e. The van der Waals surface area contributed by atoms with E-state index in [1.165, 1.54) is 22.7 Å². The third-order valence-corrected chi connectivity index (χ3v) is 2.65. The number of hydrogen-bond donors (Lipinski definition) is 1. The molecule has 1 amide bonds. The van der Waals surface area contributed by atoms with Gasteiger partial charge in [0.05, 0.1) is 5.75 Å². The van der Waals surface area contributed by atoms with Gasteiger partial charge in [-0.25, -0.2) is 0 Å². The van der Waals surface area contributed by atoms with Crippen molar-refractivity contribution in [3.8, 4) is 0 Å². The maximum Gasteiger partial charge on any atom is 0.323 e. The van der Waals surface area contributed by atoms with Crippen LogP contribution in [0.15, 0.2) is 12.7 Å². The lowest BCUT2D eigenvalue weighted by Crippen LogP contribution is -2.37. The molecule has 0 rings (SSSR count). The van der Waals surface area contributed by atoms with Crippen LogP contribution in [0, 0.1) is 0 Å². The predicted octanol–water partition coefficient (Wildman–Crippen LogP) is 1.23. The number of thioether (sulfide) groups is 1. The highest BCUT2D eigenvalue weighted by Gasteiger charge is 2.15. The van der Waals surface area contributed by atoms with Crippen molar-refractivity contribution >= 4 is 23.6 Å². The summed E-state index contributed by atoms with van der Waals surface area (Å²) >= 11 is 1.50. The fraction of sp³-hybridized carbons (Fsp3) is 0.600.